The van der Waals surface area contributed by atoms with E-state index in [1.165, 1.54) is 0 Å². The maximum Gasteiger partial charge on any atom is 0.227 e. The lowest BCUT2D eigenvalue weighted by atomic mass is 10.1. The van der Waals surface area contributed by atoms with E-state index < -0.39 is 0 Å². The van der Waals surface area contributed by atoms with Gasteiger partial charge < -0.3 is 9.64 Å². The highest BCUT2D eigenvalue weighted by Gasteiger charge is 2.18. The minimum absolute atomic E-state index is 0.105. The average Bonchev–Trinajstić information content (AvgIpc) is 2.35. The average molecular weight is 319 g/mol. The first-order valence-electron chi connectivity index (χ1n) is 5.46. The van der Waals surface area contributed by atoms with Crippen LogP contribution in [0.3, 0.4) is 0 Å². The highest BCUT2D eigenvalue weighted by atomic mass is 79.9. The molecule has 0 N–H and O–H groups in total. The van der Waals surface area contributed by atoms with E-state index in [9.17, 15) is 4.79 Å². The third-order valence-corrected chi connectivity index (χ3v) is 3.58. The van der Waals surface area contributed by atoms with Crippen molar-refractivity contribution in [3.63, 3.8) is 0 Å². The first-order chi connectivity index (χ1) is 8.16. The minimum atomic E-state index is 0.105. The van der Waals surface area contributed by atoms with Crippen molar-refractivity contribution in [2.45, 2.75) is 6.42 Å². The van der Waals surface area contributed by atoms with E-state index in [0.29, 0.717) is 37.7 Å². The number of ether oxygens (including phenoxy) is 1. The zero-order valence-electron chi connectivity index (χ0n) is 9.29. The fourth-order valence-electron chi connectivity index (χ4n) is 1.77. The lowest BCUT2D eigenvalue weighted by Crippen LogP contribution is -2.41. The molecule has 17 heavy (non-hydrogen) atoms. The molecule has 0 spiro atoms. The first kappa shape index (κ1) is 12.9. The number of hydrogen-bond donors (Lipinski definition) is 0. The maximum atomic E-state index is 12.0. The molecular formula is C12H13BrClNO2. The van der Waals surface area contributed by atoms with Gasteiger partial charge in [-0.1, -0.05) is 27.5 Å². The van der Waals surface area contributed by atoms with Gasteiger partial charge in [-0.3, -0.25) is 4.79 Å². The van der Waals surface area contributed by atoms with Crippen LogP contribution in [-0.4, -0.2) is 37.1 Å². The number of rotatable bonds is 2. The fourth-order valence-corrected chi connectivity index (χ4v) is 2.36. The predicted molar refractivity (Wildman–Crippen MR) is 70.3 cm³/mol. The van der Waals surface area contributed by atoms with Crippen LogP contribution in [0, 0.1) is 0 Å². The number of benzene rings is 1. The summed E-state index contributed by atoms with van der Waals surface area (Å²) in [5.41, 5.74) is 0.859. The predicted octanol–water partition coefficient (Wildman–Crippen LogP) is 2.50. The van der Waals surface area contributed by atoms with Crippen molar-refractivity contribution < 1.29 is 9.53 Å². The molecular weight excluding hydrogens is 305 g/mol. The lowest BCUT2D eigenvalue weighted by molar-refractivity contribution is -0.134. The number of nitrogens with zero attached hydrogens (tertiary/aromatic N) is 1. The van der Waals surface area contributed by atoms with E-state index in [4.69, 9.17) is 16.3 Å². The van der Waals surface area contributed by atoms with E-state index >= 15 is 0 Å². The van der Waals surface area contributed by atoms with Gasteiger partial charge in [0.05, 0.1) is 19.6 Å². The smallest absolute Gasteiger partial charge is 0.227 e. The van der Waals surface area contributed by atoms with Gasteiger partial charge in [-0.25, -0.2) is 0 Å². The molecule has 3 nitrogen and oxygen atoms in total. The van der Waals surface area contributed by atoms with Crippen molar-refractivity contribution in [3.05, 3.63) is 33.3 Å². The summed E-state index contributed by atoms with van der Waals surface area (Å²) >= 11 is 9.44. The number of hydrogen-bond acceptors (Lipinski definition) is 2. The van der Waals surface area contributed by atoms with E-state index in [2.05, 4.69) is 15.9 Å². The van der Waals surface area contributed by atoms with Crippen LogP contribution >= 0.6 is 27.5 Å². The molecule has 1 aliphatic rings. The summed E-state index contributed by atoms with van der Waals surface area (Å²) in [5, 5.41) is 0.634. The quantitative estimate of drug-likeness (QED) is 0.838. The van der Waals surface area contributed by atoms with Crippen LogP contribution in [0.15, 0.2) is 22.7 Å². The number of halogens is 2. The van der Waals surface area contributed by atoms with Gasteiger partial charge >= 0.3 is 0 Å². The van der Waals surface area contributed by atoms with Crippen LogP contribution in [0.4, 0.5) is 0 Å². The van der Waals surface area contributed by atoms with Gasteiger partial charge in [0.25, 0.3) is 0 Å². The fraction of sp³-hybridized carbons (Fsp3) is 0.417. The van der Waals surface area contributed by atoms with Crippen LogP contribution in [-0.2, 0) is 16.0 Å². The Bertz CT molecular complexity index is 419. The molecule has 1 aromatic rings. The Morgan fingerprint density at radius 3 is 2.82 bits per heavy atom. The lowest BCUT2D eigenvalue weighted by Gasteiger charge is -2.27. The molecule has 0 atom stereocenters. The molecule has 0 saturated carbocycles. The van der Waals surface area contributed by atoms with Crippen molar-refractivity contribution in [2.24, 2.45) is 0 Å². The largest absolute Gasteiger partial charge is 0.378 e. The van der Waals surface area contributed by atoms with Gasteiger partial charge in [-0.15, -0.1) is 0 Å². The molecule has 0 aromatic heterocycles. The summed E-state index contributed by atoms with van der Waals surface area (Å²) in [7, 11) is 0. The molecule has 5 heteroatoms. The highest BCUT2D eigenvalue weighted by molar-refractivity contribution is 9.10. The van der Waals surface area contributed by atoms with Gasteiger partial charge in [0, 0.05) is 22.6 Å². The topological polar surface area (TPSA) is 29.5 Å². The Hall–Kier alpha value is -0.580. The van der Waals surface area contributed by atoms with Gasteiger partial charge in [-0.2, -0.15) is 0 Å². The zero-order chi connectivity index (χ0) is 12.3. The van der Waals surface area contributed by atoms with Crippen LogP contribution in [0.1, 0.15) is 5.56 Å². The molecule has 1 fully saturated rings. The molecule has 2 rings (SSSR count). The molecule has 0 aliphatic carbocycles. The highest BCUT2D eigenvalue weighted by Crippen LogP contribution is 2.22. The molecule has 0 unspecified atom stereocenters. The van der Waals surface area contributed by atoms with Crippen molar-refractivity contribution in [1.29, 1.82) is 0 Å². The summed E-state index contributed by atoms with van der Waals surface area (Å²) in [4.78, 5) is 13.8. The second kappa shape index (κ2) is 5.85. The Morgan fingerprint density at radius 1 is 1.41 bits per heavy atom. The molecule has 1 heterocycles. The van der Waals surface area contributed by atoms with Crippen LogP contribution in [0.25, 0.3) is 0 Å². The van der Waals surface area contributed by atoms with E-state index in [1.807, 2.05) is 17.0 Å². The van der Waals surface area contributed by atoms with Crippen molar-refractivity contribution in [1.82, 2.24) is 4.90 Å². The molecule has 1 aromatic carbocycles. The summed E-state index contributed by atoms with van der Waals surface area (Å²) in [5.74, 6) is 0.105. The van der Waals surface area contributed by atoms with Crippen LogP contribution in [0.5, 0.6) is 0 Å². The standard InChI is InChI=1S/C12H13BrClNO2/c13-10-1-2-11(14)9(7-10)8-12(16)15-3-5-17-6-4-15/h1-2,7H,3-6,8H2. The summed E-state index contributed by atoms with van der Waals surface area (Å²) in [6, 6.07) is 5.55. The van der Waals surface area contributed by atoms with E-state index in [0.717, 1.165) is 10.0 Å². The molecule has 92 valence electrons. The molecule has 1 amide bonds. The normalized spacial score (nSPS) is 16.0. The number of morpholine rings is 1. The summed E-state index contributed by atoms with van der Waals surface area (Å²) in [6.45, 7) is 2.59. The maximum absolute atomic E-state index is 12.0. The third-order valence-electron chi connectivity index (χ3n) is 2.71. The Morgan fingerprint density at radius 2 is 2.12 bits per heavy atom. The summed E-state index contributed by atoms with van der Waals surface area (Å²) < 4.78 is 6.15. The zero-order valence-corrected chi connectivity index (χ0v) is 11.6. The first-order valence-corrected chi connectivity index (χ1v) is 6.63. The van der Waals surface area contributed by atoms with Crippen LogP contribution < -0.4 is 0 Å². The Labute approximate surface area is 114 Å². The monoisotopic (exact) mass is 317 g/mol. The van der Waals surface area contributed by atoms with Crippen molar-refractivity contribution in [3.8, 4) is 0 Å². The van der Waals surface area contributed by atoms with Gasteiger partial charge in [0.1, 0.15) is 0 Å². The van der Waals surface area contributed by atoms with E-state index in [-0.39, 0.29) is 5.91 Å². The minimum Gasteiger partial charge on any atom is -0.378 e. The Balaban J connectivity index is 2.04. The van der Waals surface area contributed by atoms with Gasteiger partial charge in [-0.05, 0) is 23.8 Å². The summed E-state index contributed by atoms with van der Waals surface area (Å²) in [6.07, 6.45) is 0.346. The van der Waals surface area contributed by atoms with Gasteiger partial charge in [0.15, 0.2) is 0 Å². The van der Waals surface area contributed by atoms with Crippen molar-refractivity contribution in [2.75, 3.05) is 26.3 Å². The van der Waals surface area contributed by atoms with Crippen molar-refractivity contribution >= 4 is 33.4 Å². The number of amides is 1. The van der Waals surface area contributed by atoms with Crippen LogP contribution in [0.2, 0.25) is 5.02 Å². The second-order valence-corrected chi connectivity index (χ2v) is 5.23. The number of carbonyl (C=O) groups excluding carboxylic acids is 1. The Kier molecular flexibility index (Phi) is 4.42. The SMILES string of the molecule is O=C(Cc1cc(Br)ccc1Cl)N1CCOCC1. The molecule has 1 saturated heterocycles. The van der Waals surface area contributed by atoms with E-state index in [1.54, 1.807) is 6.07 Å². The molecule has 1 aliphatic heterocycles. The third kappa shape index (κ3) is 3.44. The van der Waals surface area contributed by atoms with Gasteiger partial charge in [0.2, 0.25) is 5.91 Å². The second-order valence-electron chi connectivity index (χ2n) is 3.91. The number of carbonyl (C=O) groups is 1. The molecule has 0 bridgehead atoms. The molecule has 0 radical (unpaired) electrons.